The Morgan fingerprint density at radius 3 is 1.09 bits per heavy atom. The van der Waals surface area contributed by atoms with Crippen LogP contribution in [0, 0.1) is 0 Å². The minimum Gasteiger partial charge on any atom is -0.390 e. The third kappa shape index (κ3) is 25.1. The van der Waals surface area contributed by atoms with Gasteiger partial charge < -0.3 is 30.6 Å². The van der Waals surface area contributed by atoms with E-state index in [1.807, 2.05) is 34.6 Å². The molecule has 272 valence electrons. The molecule has 0 bridgehead atoms. The predicted molar refractivity (Wildman–Crippen MR) is 195 cm³/mol. The molecular weight excluding hydrogens is 576 g/mol. The molecule has 0 aromatic heterocycles. The van der Waals surface area contributed by atoms with E-state index < -0.39 is 33.6 Å². The summed E-state index contributed by atoms with van der Waals surface area (Å²) < 4.78 is 0. The zero-order chi connectivity index (χ0) is 35.7. The zero-order valence-electron chi connectivity index (χ0n) is 31.6. The Bertz CT molecular complexity index is 903. The highest BCUT2D eigenvalue weighted by atomic mass is 16.3. The second kappa shape index (κ2) is 20.5. The number of rotatable bonds is 27. The monoisotopic (exact) mass is 653 g/mol. The van der Waals surface area contributed by atoms with Gasteiger partial charge in [0.15, 0.2) is 0 Å². The van der Waals surface area contributed by atoms with E-state index >= 15 is 0 Å². The Labute approximate surface area is 284 Å². The summed E-state index contributed by atoms with van der Waals surface area (Å²) in [6, 6.07) is 0. The highest BCUT2D eigenvalue weighted by Crippen LogP contribution is 2.31. The molecule has 6 atom stereocenters. The summed E-state index contributed by atoms with van der Waals surface area (Å²) >= 11 is 0. The molecule has 6 unspecified atom stereocenters. The summed E-state index contributed by atoms with van der Waals surface area (Å²) in [5, 5.41) is 64.4. The fourth-order valence-corrected chi connectivity index (χ4v) is 6.26. The van der Waals surface area contributed by atoms with E-state index in [9.17, 15) is 30.6 Å². The van der Waals surface area contributed by atoms with Crippen LogP contribution >= 0.6 is 0 Å². The van der Waals surface area contributed by atoms with Crippen molar-refractivity contribution in [2.75, 3.05) is 0 Å². The van der Waals surface area contributed by atoms with E-state index in [1.165, 1.54) is 11.1 Å². The molecule has 0 fully saturated rings. The number of hydrogen-bond donors (Lipinski definition) is 6. The quantitative estimate of drug-likeness (QED) is 0.0493. The number of hydrogen-bond acceptors (Lipinski definition) is 6. The van der Waals surface area contributed by atoms with Gasteiger partial charge in [-0.05, 0) is 184 Å². The van der Waals surface area contributed by atoms with Gasteiger partial charge in [0, 0.05) is 0 Å². The highest BCUT2D eigenvalue weighted by molar-refractivity contribution is 5.01. The molecule has 0 aliphatic carbocycles. The molecule has 6 heteroatoms. The smallest absolute Gasteiger partial charge is 0.0800 e. The van der Waals surface area contributed by atoms with Crippen molar-refractivity contribution < 1.29 is 30.6 Å². The molecule has 0 saturated heterocycles. The SMILES string of the molecule is C=CC(C)(O)CC/C=C(\C)CCCC(C)(O)CCCC(C)(O)CCCC(C)(O)CCCC(C)(O)CCCC(C)(O)CCC=C(C)C. The predicted octanol–water partition coefficient (Wildman–Crippen LogP) is 9.00. The van der Waals surface area contributed by atoms with Gasteiger partial charge in [-0.25, -0.2) is 0 Å². The molecule has 0 amide bonds. The number of allylic oxidation sites excluding steroid dienone is 4. The van der Waals surface area contributed by atoms with Gasteiger partial charge in [0.25, 0.3) is 0 Å². The lowest BCUT2D eigenvalue weighted by atomic mass is 9.84. The summed E-state index contributed by atoms with van der Waals surface area (Å²) in [5.74, 6) is 0. The lowest BCUT2D eigenvalue weighted by molar-refractivity contribution is -0.00580. The van der Waals surface area contributed by atoms with E-state index in [1.54, 1.807) is 13.0 Å². The maximum Gasteiger partial charge on any atom is 0.0800 e. The van der Waals surface area contributed by atoms with Crippen molar-refractivity contribution in [3.8, 4) is 0 Å². The fourth-order valence-electron chi connectivity index (χ4n) is 6.26. The Morgan fingerprint density at radius 2 is 0.761 bits per heavy atom. The lowest BCUT2D eigenvalue weighted by Gasteiger charge is -2.30. The van der Waals surface area contributed by atoms with Crippen LogP contribution in [0.1, 0.15) is 184 Å². The molecule has 0 saturated carbocycles. The molecule has 6 N–H and O–H groups in total. The second-order valence-corrected chi connectivity index (χ2v) is 16.7. The average Bonchev–Trinajstić information content (AvgIpc) is 2.87. The Morgan fingerprint density at radius 1 is 0.457 bits per heavy atom. The molecule has 0 aliphatic rings. The van der Waals surface area contributed by atoms with Gasteiger partial charge in [-0.1, -0.05) is 29.4 Å². The van der Waals surface area contributed by atoms with Crippen molar-refractivity contribution >= 4 is 0 Å². The third-order valence-electron chi connectivity index (χ3n) is 9.83. The minimum absolute atomic E-state index is 0.593. The van der Waals surface area contributed by atoms with E-state index in [2.05, 4.69) is 39.5 Å². The van der Waals surface area contributed by atoms with Crippen molar-refractivity contribution in [2.45, 2.75) is 218 Å². The maximum atomic E-state index is 11.0. The Hall–Kier alpha value is -1.02. The first-order chi connectivity index (χ1) is 20.9. The van der Waals surface area contributed by atoms with Crippen LogP contribution in [0.5, 0.6) is 0 Å². The van der Waals surface area contributed by atoms with Gasteiger partial charge in [-0.15, -0.1) is 6.58 Å². The van der Waals surface area contributed by atoms with E-state index in [-0.39, 0.29) is 0 Å². The zero-order valence-corrected chi connectivity index (χ0v) is 31.6. The summed E-state index contributed by atoms with van der Waals surface area (Å²) in [6.07, 6.45) is 19.3. The van der Waals surface area contributed by atoms with E-state index in [4.69, 9.17) is 0 Å². The second-order valence-electron chi connectivity index (χ2n) is 16.7. The van der Waals surface area contributed by atoms with Crippen molar-refractivity contribution in [3.05, 3.63) is 36.0 Å². The van der Waals surface area contributed by atoms with Crippen molar-refractivity contribution in [1.82, 2.24) is 0 Å². The van der Waals surface area contributed by atoms with Crippen LogP contribution in [0.15, 0.2) is 36.0 Å². The van der Waals surface area contributed by atoms with Crippen molar-refractivity contribution in [2.24, 2.45) is 0 Å². The van der Waals surface area contributed by atoms with Crippen LogP contribution in [-0.2, 0) is 0 Å². The first kappa shape index (κ1) is 45.0. The standard InChI is InChI=1S/C40H76O6/c1-11-35(5,41)22-13-20-34(4)21-14-24-37(7,43)26-16-28-39(9,45)30-18-32-40(10,46)31-17-29-38(8,44)27-15-25-36(6,42)23-12-19-33(2)3/h11,19-20,41-46H,1,12-18,21-32H2,2-10H3/b34-20+. The largest absolute Gasteiger partial charge is 0.390 e. The molecule has 0 rings (SSSR count). The lowest BCUT2D eigenvalue weighted by Crippen LogP contribution is -2.30. The molecular formula is C40H76O6. The third-order valence-corrected chi connectivity index (χ3v) is 9.83. The van der Waals surface area contributed by atoms with Crippen LogP contribution in [0.4, 0.5) is 0 Å². The van der Waals surface area contributed by atoms with Gasteiger partial charge in [0.1, 0.15) is 0 Å². The van der Waals surface area contributed by atoms with Gasteiger partial charge in [-0.3, -0.25) is 0 Å². The van der Waals surface area contributed by atoms with Crippen LogP contribution in [0.2, 0.25) is 0 Å². The molecule has 0 aromatic carbocycles. The van der Waals surface area contributed by atoms with E-state index in [0.29, 0.717) is 70.6 Å². The Balaban J connectivity index is 4.33. The van der Waals surface area contributed by atoms with Gasteiger partial charge in [0.2, 0.25) is 0 Å². The summed E-state index contributed by atoms with van der Waals surface area (Å²) in [5.41, 5.74) is -2.30. The van der Waals surface area contributed by atoms with Crippen molar-refractivity contribution in [3.63, 3.8) is 0 Å². The molecule has 0 aromatic rings. The normalized spacial score (nSPS) is 20.4. The molecule has 6 nitrogen and oxygen atoms in total. The summed E-state index contributed by atoms with van der Waals surface area (Å²) in [6.45, 7) is 21.0. The van der Waals surface area contributed by atoms with E-state index in [0.717, 1.165) is 51.4 Å². The topological polar surface area (TPSA) is 121 Å². The van der Waals surface area contributed by atoms with Gasteiger partial charge in [-0.2, -0.15) is 0 Å². The summed E-state index contributed by atoms with van der Waals surface area (Å²) in [4.78, 5) is 0. The van der Waals surface area contributed by atoms with Crippen LogP contribution in [0.3, 0.4) is 0 Å². The minimum atomic E-state index is -0.847. The van der Waals surface area contributed by atoms with Gasteiger partial charge >= 0.3 is 0 Å². The average molecular weight is 653 g/mol. The molecule has 46 heavy (non-hydrogen) atoms. The van der Waals surface area contributed by atoms with Crippen LogP contribution in [0.25, 0.3) is 0 Å². The molecule has 0 spiro atoms. The Kier molecular flexibility index (Phi) is 20.0. The highest BCUT2D eigenvalue weighted by Gasteiger charge is 2.28. The maximum absolute atomic E-state index is 11.0. The van der Waals surface area contributed by atoms with Gasteiger partial charge in [0.05, 0.1) is 33.6 Å². The molecule has 0 radical (unpaired) electrons. The first-order valence-electron chi connectivity index (χ1n) is 18.2. The number of aliphatic hydroxyl groups is 6. The first-order valence-corrected chi connectivity index (χ1v) is 18.2. The fraction of sp³-hybridized carbons (Fsp3) is 0.850. The van der Waals surface area contributed by atoms with Crippen LogP contribution < -0.4 is 0 Å². The van der Waals surface area contributed by atoms with Crippen LogP contribution in [-0.4, -0.2) is 64.2 Å². The summed E-state index contributed by atoms with van der Waals surface area (Å²) in [7, 11) is 0. The van der Waals surface area contributed by atoms with Crippen molar-refractivity contribution in [1.29, 1.82) is 0 Å². The molecule has 0 heterocycles. The molecule has 0 aliphatic heterocycles.